The fourth-order valence-electron chi connectivity index (χ4n) is 3.35. The van der Waals surface area contributed by atoms with Gasteiger partial charge in [-0.05, 0) is 68.4 Å². The number of aromatic nitrogens is 1. The summed E-state index contributed by atoms with van der Waals surface area (Å²) in [5.41, 5.74) is 10.0. The number of nitrogens with zero attached hydrogens (tertiary/aromatic N) is 1. The number of aliphatic hydroxyl groups excluding tert-OH is 1. The number of methoxy groups -OCH3 is 1. The summed E-state index contributed by atoms with van der Waals surface area (Å²) in [7, 11) is 3.61. The van der Waals surface area contributed by atoms with Crippen LogP contribution in [0.5, 0.6) is 5.75 Å². The van der Waals surface area contributed by atoms with Crippen molar-refractivity contribution in [3.05, 3.63) is 52.8 Å². The van der Waals surface area contributed by atoms with Crippen molar-refractivity contribution >= 4 is 5.78 Å². The standard InChI is InChI=1S/C22H32N2O3/c1-16-14-17(8-13-22(16)27-3)6-4-5-7-21(26)20-12-11-19(24(20)2)10-9-18(23)15-25/h8,11-14,18,25H,4-7,9-10,15,23H2,1-3H3. The van der Waals surface area contributed by atoms with E-state index in [0.717, 1.165) is 48.4 Å². The van der Waals surface area contributed by atoms with E-state index in [4.69, 9.17) is 15.6 Å². The lowest BCUT2D eigenvalue weighted by Gasteiger charge is -2.10. The number of hydrogen-bond donors (Lipinski definition) is 2. The van der Waals surface area contributed by atoms with Crippen LogP contribution in [0.25, 0.3) is 0 Å². The summed E-state index contributed by atoms with van der Waals surface area (Å²) in [4.78, 5) is 12.5. The molecule has 5 heteroatoms. The molecule has 0 saturated heterocycles. The van der Waals surface area contributed by atoms with Gasteiger partial charge in [-0.1, -0.05) is 12.1 Å². The van der Waals surface area contributed by atoms with E-state index < -0.39 is 0 Å². The Labute approximate surface area is 162 Å². The van der Waals surface area contributed by atoms with Gasteiger partial charge in [0, 0.05) is 25.2 Å². The van der Waals surface area contributed by atoms with E-state index in [-0.39, 0.29) is 18.4 Å². The van der Waals surface area contributed by atoms with Gasteiger partial charge in [-0.15, -0.1) is 0 Å². The number of rotatable bonds is 11. The van der Waals surface area contributed by atoms with E-state index >= 15 is 0 Å². The molecule has 148 valence electrons. The number of ether oxygens (including phenoxy) is 1. The second kappa shape index (κ2) is 10.3. The topological polar surface area (TPSA) is 77.5 Å². The van der Waals surface area contributed by atoms with Crippen molar-refractivity contribution in [2.75, 3.05) is 13.7 Å². The molecule has 0 aliphatic heterocycles. The van der Waals surface area contributed by atoms with Crippen LogP contribution in [0.3, 0.4) is 0 Å². The molecular weight excluding hydrogens is 340 g/mol. The molecule has 0 aliphatic rings. The van der Waals surface area contributed by atoms with Crippen LogP contribution >= 0.6 is 0 Å². The Bertz CT molecular complexity index is 752. The molecule has 0 fully saturated rings. The van der Waals surface area contributed by atoms with Gasteiger partial charge < -0.3 is 20.1 Å². The maximum Gasteiger partial charge on any atom is 0.179 e. The van der Waals surface area contributed by atoms with Gasteiger partial charge in [0.25, 0.3) is 0 Å². The lowest BCUT2D eigenvalue weighted by atomic mass is 10.0. The Balaban J connectivity index is 1.80. The smallest absolute Gasteiger partial charge is 0.179 e. The molecule has 3 N–H and O–H groups in total. The summed E-state index contributed by atoms with van der Waals surface area (Å²) in [6.45, 7) is 2.04. The molecule has 0 spiro atoms. The predicted molar refractivity (Wildman–Crippen MR) is 108 cm³/mol. The third-order valence-corrected chi connectivity index (χ3v) is 5.10. The molecule has 0 radical (unpaired) electrons. The first-order valence-electron chi connectivity index (χ1n) is 9.64. The number of unbranched alkanes of at least 4 members (excludes halogenated alkanes) is 1. The van der Waals surface area contributed by atoms with Crippen LogP contribution in [0.15, 0.2) is 30.3 Å². The van der Waals surface area contributed by atoms with Crippen LogP contribution in [-0.4, -0.2) is 35.2 Å². The summed E-state index contributed by atoms with van der Waals surface area (Å²) < 4.78 is 7.25. The van der Waals surface area contributed by atoms with Crippen LogP contribution < -0.4 is 10.5 Å². The fraction of sp³-hybridized carbons (Fsp3) is 0.500. The molecule has 2 rings (SSSR count). The molecule has 0 amide bonds. The van der Waals surface area contributed by atoms with Crippen molar-refractivity contribution in [2.24, 2.45) is 12.8 Å². The SMILES string of the molecule is COc1ccc(CCCCC(=O)c2ccc(CCC(N)CO)n2C)cc1C. The number of Topliss-reactive ketones (excluding diaryl/α,β-unsaturated/α-hetero) is 1. The van der Waals surface area contributed by atoms with Gasteiger partial charge >= 0.3 is 0 Å². The number of ketones is 1. The van der Waals surface area contributed by atoms with Crippen molar-refractivity contribution in [1.29, 1.82) is 0 Å². The van der Waals surface area contributed by atoms with Crippen LogP contribution in [0.1, 0.15) is 53.0 Å². The fourth-order valence-corrected chi connectivity index (χ4v) is 3.35. The third kappa shape index (κ3) is 5.94. The average molecular weight is 373 g/mol. The highest BCUT2D eigenvalue weighted by molar-refractivity contribution is 5.94. The Morgan fingerprint density at radius 3 is 2.67 bits per heavy atom. The number of benzene rings is 1. The highest BCUT2D eigenvalue weighted by atomic mass is 16.5. The van der Waals surface area contributed by atoms with Gasteiger partial charge in [0.1, 0.15) is 5.75 Å². The molecular formula is C22H32N2O3. The van der Waals surface area contributed by atoms with E-state index in [9.17, 15) is 4.79 Å². The highest BCUT2D eigenvalue weighted by Crippen LogP contribution is 2.20. The molecule has 1 heterocycles. The maximum absolute atomic E-state index is 12.5. The number of carbonyl (C=O) groups excluding carboxylic acids is 1. The molecule has 2 aromatic rings. The first-order valence-corrected chi connectivity index (χ1v) is 9.64. The Morgan fingerprint density at radius 1 is 1.22 bits per heavy atom. The summed E-state index contributed by atoms with van der Waals surface area (Å²) >= 11 is 0. The quantitative estimate of drug-likeness (QED) is 0.469. The van der Waals surface area contributed by atoms with Crippen LogP contribution in [0.2, 0.25) is 0 Å². The van der Waals surface area contributed by atoms with Crippen molar-refractivity contribution < 1.29 is 14.6 Å². The van der Waals surface area contributed by atoms with Crippen LogP contribution in [-0.2, 0) is 19.9 Å². The first kappa shape index (κ1) is 21.2. The largest absolute Gasteiger partial charge is 0.496 e. The zero-order valence-corrected chi connectivity index (χ0v) is 16.7. The Kier molecular flexibility index (Phi) is 8.07. The average Bonchev–Trinajstić information content (AvgIpc) is 3.03. The summed E-state index contributed by atoms with van der Waals surface area (Å²) in [5.74, 6) is 1.09. The Hall–Kier alpha value is -2.11. The number of nitrogens with two attached hydrogens (primary N) is 1. The molecule has 27 heavy (non-hydrogen) atoms. The van der Waals surface area contributed by atoms with Gasteiger partial charge in [0.2, 0.25) is 0 Å². The zero-order chi connectivity index (χ0) is 19.8. The van der Waals surface area contributed by atoms with Gasteiger partial charge in [-0.25, -0.2) is 0 Å². The van der Waals surface area contributed by atoms with Crippen molar-refractivity contribution in [2.45, 2.75) is 51.5 Å². The second-order valence-corrected chi connectivity index (χ2v) is 7.18. The van der Waals surface area contributed by atoms with Crippen molar-refractivity contribution in [3.63, 3.8) is 0 Å². The lowest BCUT2D eigenvalue weighted by molar-refractivity contribution is 0.0971. The molecule has 0 bridgehead atoms. The number of aryl methyl sites for hydroxylation is 3. The summed E-state index contributed by atoms with van der Waals surface area (Å²) in [5, 5.41) is 9.03. The minimum absolute atomic E-state index is 0.00999. The summed E-state index contributed by atoms with van der Waals surface area (Å²) in [6.07, 6.45) is 4.86. The minimum atomic E-state index is -0.208. The van der Waals surface area contributed by atoms with E-state index in [1.165, 1.54) is 5.56 Å². The van der Waals surface area contributed by atoms with Gasteiger partial charge in [-0.2, -0.15) is 0 Å². The van der Waals surface area contributed by atoms with E-state index in [2.05, 4.69) is 12.1 Å². The van der Waals surface area contributed by atoms with E-state index in [0.29, 0.717) is 12.8 Å². The number of hydrogen-bond acceptors (Lipinski definition) is 4. The Morgan fingerprint density at radius 2 is 2.00 bits per heavy atom. The van der Waals surface area contributed by atoms with E-state index in [1.807, 2.05) is 36.7 Å². The number of aliphatic hydroxyl groups is 1. The number of carbonyl (C=O) groups is 1. The molecule has 0 aliphatic carbocycles. The van der Waals surface area contributed by atoms with E-state index in [1.54, 1.807) is 7.11 Å². The van der Waals surface area contributed by atoms with Gasteiger partial charge in [-0.3, -0.25) is 4.79 Å². The highest BCUT2D eigenvalue weighted by Gasteiger charge is 2.13. The predicted octanol–water partition coefficient (Wildman–Crippen LogP) is 3.19. The lowest BCUT2D eigenvalue weighted by Crippen LogP contribution is -2.25. The molecule has 0 saturated carbocycles. The van der Waals surface area contributed by atoms with Crippen molar-refractivity contribution in [3.8, 4) is 5.75 Å². The van der Waals surface area contributed by atoms with Crippen LogP contribution in [0.4, 0.5) is 0 Å². The molecule has 1 aromatic carbocycles. The molecule has 1 aromatic heterocycles. The minimum Gasteiger partial charge on any atom is -0.496 e. The normalized spacial score (nSPS) is 12.2. The summed E-state index contributed by atoms with van der Waals surface area (Å²) in [6, 6.07) is 9.92. The first-order chi connectivity index (χ1) is 13.0. The van der Waals surface area contributed by atoms with Gasteiger partial charge in [0.05, 0.1) is 19.4 Å². The molecule has 5 nitrogen and oxygen atoms in total. The third-order valence-electron chi connectivity index (χ3n) is 5.10. The molecule has 1 atom stereocenters. The monoisotopic (exact) mass is 372 g/mol. The molecule has 1 unspecified atom stereocenters. The second-order valence-electron chi connectivity index (χ2n) is 7.18. The van der Waals surface area contributed by atoms with Crippen molar-refractivity contribution in [1.82, 2.24) is 4.57 Å². The van der Waals surface area contributed by atoms with Crippen LogP contribution in [0, 0.1) is 6.92 Å². The zero-order valence-electron chi connectivity index (χ0n) is 16.7. The van der Waals surface area contributed by atoms with Gasteiger partial charge in [0.15, 0.2) is 5.78 Å². The maximum atomic E-state index is 12.5.